The van der Waals surface area contributed by atoms with Gasteiger partial charge in [-0.1, -0.05) is 19.1 Å². The molecule has 1 N–H and O–H groups in total. The monoisotopic (exact) mass is 275 g/mol. The van der Waals surface area contributed by atoms with Crippen molar-refractivity contribution in [3.05, 3.63) is 41.7 Å². The number of hydrogen-bond acceptors (Lipinski definition) is 3. The number of methoxy groups -OCH3 is 1. The highest BCUT2D eigenvalue weighted by molar-refractivity contribution is 5.30. The van der Waals surface area contributed by atoms with Gasteiger partial charge in [0, 0.05) is 6.04 Å². The van der Waals surface area contributed by atoms with Gasteiger partial charge in [-0.2, -0.15) is 0 Å². The Bertz CT molecular complexity index is 442. The highest BCUT2D eigenvalue weighted by atomic mass is 16.5. The van der Waals surface area contributed by atoms with Crippen LogP contribution in [0.3, 0.4) is 0 Å². The number of benzene rings is 1. The van der Waals surface area contributed by atoms with Crippen LogP contribution in [0.2, 0.25) is 0 Å². The largest absolute Gasteiger partial charge is 0.501 e. The molecule has 1 aliphatic rings. The first kappa shape index (κ1) is 14.9. The van der Waals surface area contributed by atoms with Gasteiger partial charge in [0.2, 0.25) is 0 Å². The minimum absolute atomic E-state index is 0.363. The predicted octanol–water partition coefficient (Wildman–Crippen LogP) is 3.30. The van der Waals surface area contributed by atoms with E-state index in [9.17, 15) is 0 Å². The summed E-state index contributed by atoms with van der Waals surface area (Å²) >= 11 is 0. The second-order valence-corrected chi connectivity index (χ2v) is 5.23. The fourth-order valence-electron chi connectivity index (χ4n) is 2.53. The number of hydrogen-bond donors (Lipinski definition) is 1. The Morgan fingerprint density at radius 2 is 2.30 bits per heavy atom. The van der Waals surface area contributed by atoms with Gasteiger partial charge in [-0.05, 0) is 55.5 Å². The van der Waals surface area contributed by atoms with E-state index in [0.29, 0.717) is 6.04 Å². The third-order valence-corrected chi connectivity index (χ3v) is 3.62. The normalized spacial score (nSPS) is 16.2. The second kappa shape index (κ2) is 7.95. The molecule has 1 aliphatic heterocycles. The molecule has 0 aromatic heterocycles. The maximum atomic E-state index is 5.50. The Morgan fingerprint density at radius 1 is 1.40 bits per heavy atom. The van der Waals surface area contributed by atoms with Gasteiger partial charge in [-0.15, -0.1) is 0 Å². The van der Waals surface area contributed by atoms with Crippen molar-refractivity contribution in [1.29, 1.82) is 0 Å². The molecule has 0 amide bonds. The van der Waals surface area contributed by atoms with Crippen LogP contribution < -0.4 is 10.1 Å². The van der Waals surface area contributed by atoms with Crippen molar-refractivity contribution in [3.63, 3.8) is 0 Å². The summed E-state index contributed by atoms with van der Waals surface area (Å²) in [4.78, 5) is 0. The van der Waals surface area contributed by atoms with Crippen molar-refractivity contribution in [1.82, 2.24) is 5.32 Å². The average Bonchev–Trinajstić information content (AvgIpc) is 2.52. The van der Waals surface area contributed by atoms with E-state index in [-0.39, 0.29) is 0 Å². The smallest absolute Gasteiger partial charge is 0.119 e. The molecule has 0 saturated heterocycles. The predicted molar refractivity (Wildman–Crippen MR) is 82.0 cm³/mol. The van der Waals surface area contributed by atoms with E-state index in [4.69, 9.17) is 9.47 Å². The fraction of sp³-hybridized carbons (Fsp3) is 0.529. The summed E-state index contributed by atoms with van der Waals surface area (Å²) in [6.45, 7) is 4.08. The minimum atomic E-state index is 0.363. The summed E-state index contributed by atoms with van der Waals surface area (Å²) in [5.74, 6) is 0.922. The quantitative estimate of drug-likeness (QED) is 0.828. The standard InChI is InChI=1S/C17H25NO2/c1-3-9-18-17(15-7-5-10-20-13-15)12-14-6-4-8-16(11-14)19-2/h4,6,8,11,13,17-18H,3,5,7,9-10,12H2,1-2H3. The van der Waals surface area contributed by atoms with Crippen molar-refractivity contribution >= 4 is 0 Å². The Hall–Kier alpha value is -1.48. The van der Waals surface area contributed by atoms with Crippen LogP contribution in [0.5, 0.6) is 5.75 Å². The number of nitrogens with one attached hydrogen (secondary N) is 1. The molecule has 3 nitrogen and oxygen atoms in total. The molecule has 0 fully saturated rings. The SMILES string of the molecule is CCCNC(Cc1cccc(OC)c1)C1=COCCC1. The number of rotatable bonds is 7. The first-order chi connectivity index (χ1) is 9.83. The Kier molecular flexibility index (Phi) is 5.93. The van der Waals surface area contributed by atoms with Crippen LogP contribution >= 0.6 is 0 Å². The van der Waals surface area contributed by atoms with Crippen LogP contribution in [-0.2, 0) is 11.2 Å². The van der Waals surface area contributed by atoms with Crippen LogP contribution in [-0.4, -0.2) is 26.3 Å². The van der Waals surface area contributed by atoms with Crippen LogP contribution in [0.4, 0.5) is 0 Å². The van der Waals surface area contributed by atoms with E-state index < -0.39 is 0 Å². The van der Waals surface area contributed by atoms with Crippen LogP contribution in [0.15, 0.2) is 36.1 Å². The van der Waals surface area contributed by atoms with Crippen LogP contribution in [0.25, 0.3) is 0 Å². The van der Waals surface area contributed by atoms with Crippen molar-refractivity contribution in [2.24, 2.45) is 0 Å². The van der Waals surface area contributed by atoms with Gasteiger partial charge in [-0.25, -0.2) is 0 Å². The molecule has 1 aromatic carbocycles. The first-order valence-corrected chi connectivity index (χ1v) is 7.50. The maximum absolute atomic E-state index is 5.50. The molecule has 1 aromatic rings. The molecule has 1 heterocycles. The second-order valence-electron chi connectivity index (χ2n) is 5.23. The molecule has 110 valence electrons. The van der Waals surface area contributed by atoms with E-state index in [1.54, 1.807) is 7.11 Å². The molecule has 2 rings (SSSR count). The molecule has 0 spiro atoms. The van der Waals surface area contributed by atoms with E-state index in [1.807, 2.05) is 12.3 Å². The molecule has 0 radical (unpaired) electrons. The average molecular weight is 275 g/mol. The molecule has 20 heavy (non-hydrogen) atoms. The lowest BCUT2D eigenvalue weighted by Gasteiger charge is -2.24. The first-order valence-electron chi connectivity index (χ1n) is 7.50. The van der Waals surface area contributed by atoms with Gasteiger partial charge in [0.05, 0.1) is 20.0 Å². The molecule has 1 unspecified atom stereocenters. The van der Waals surface area contributed by atoms with E-state index in [1.165, 1.54) is 11.1 Å². The Balaban J connectivity index is 2.07. The van der Waals surface area contributed by atoms with Crippen molar-refractivity contribution in [3.8, 4) is 5.75 Å². The zero-order valence-electron chi connectivity index (χ0n) is 12.5. The summed E-state index contributed by atoms with van der Waals surface area (Å²) in [5, 5.41) is 3.64. The van der Waals surface area contributed by atoms with Gasteiger partial charge in [-0.3, -0.25) is 0 Å². The lowest BCUT2D eigenvalue weighted by Crippen LogP contribution is -2.34. The van der Waals surface area contributed by atoms with Gasteiger partial charge in [0.25, 0.3) is 0 Å². The topological polar surface area (TPSA) is 30.5 Å². The van der Waals surface area contributed by atoms with Crippen molar-refractivity contribution < 1.29 is 9.47 Å². The molecule has 0 saturated carbocycles. The summed E-state index contributed by atoms with van der Waals surface area (Å²) in [6, 6.07) is 8.68. The third-order valence-electron chi connectivity index (χ3n) is 3.62. The highest BCUT2D eigenvalue weighted by Gasteiger charge is 2.17. The molecular formula is C17H25NO2. The third kappa shape index (κ3) is 4.27. The molecule has 1 atom stereocenters. The van der Waals surface area contributed by atoms with Crippen molar-refractivity contribution in [2.75, 3.05) is 20.3 Å². The van der Waals surface area contributed by atoms with Crippen LogP contribution in [0, 0.1) is 0 Å². The van der Waals surface area contributed by atoms with E-state index >= 15 is 0 Å². The molecule has 0 bridgehead atoms. The molecule has 0 aliphatic carbocycles. The van der Waals surface area contributed by atoms with Crippen molar-refractivity contribution in [2.45, 2.75) is 38.6 Å². The zero-order valence-corrected chi connectivity index (χ0v) is 12.5. The van der Waals surface area contributed by atoms with E-state index in [2.05, 4.69) is 30.4 Å². The maximum Gasteiger partial charge on any atom is 0.119 e. The highest BCUT2D eigenvalue weighted by Crippen LogP contribution is 2.21. The van der Waals surface area contributed by atoms with Gasteiger partial charge >= 0.3 is 0 Å². The zero-order chi connectivity index (χ0) is 14.2. The Labute approximate surface area is 122 Å². The molecule has 3 heteroatoms. The Morgan fingerprint density at radius 3 is 3.00 bits per heavy atom. The van der Waals surface area contributed by atoms with Gasteiger partial charge < -0.3 is 14.8 Å². The lowest BCUT2D eigenvalue weighted by molar-refractivity contribution is 0.219. The lowest BCUT2D eigenvalue weighted by atomic mass is 9.95. The summed E-state index contributed by atoms with van der Waals surface area (Å²) in [7, 11) is 1.71. The minimum Gasteiger partial charge on any atom is -0.501 e. The summed E-state index contributed by atoms with van der Waals surface area (Å²) < 4.78 is 10.8. The van der Waals surface area contributed by atoms with E-state index in [0.717, 1.165) is 44.6 Å². The summed E-state index contributed by atoms with van der Waals surface area (Å²) in [5.41, 5.74) is 2.68. The van der Waals surface area contributed by atoms with Gasteiger partial charge in [0.1, 0.15) is 5.75 Å². The molecular weight excluding hydrogens is 250 g/mol. The number of ether oxygens (including phenoxy) is 2. The van der Waals surface area contributed by atoms with Gasteiger partial charge in [0.15, 0.2) is 0 Å². The van der Waals surface area contributed by atoms with Crippen LogP contribution in [0.1, 0.15) is 31.7 Å². The summed E-state index contributed by atoms with van der Waals surface area (Å²) in [6.07, 6.45) is 6.33. The fourth-order valence-corrected chi connectivity index (χ4v) is 2.53.